The van der Waals surface area contributed by atoms with E-state index in [2.05, 4.69) is 5.32 Å². The van der Waals surface area contributed by atoms with Crippen LogP contribution >= 0.6 is 11.8 Å². The van der Waals surface area contributed by atoms with Crippen molar-refractivity contribution in [2.75, 3.05) is 18.1 Å². The molecule has 0 radical (unpaired) electrons. The molecule has 1 saturated carbocycles. The number of hydrogen-bond donors (Lipinski definition) is 2. The van der Waals surface area contributed by atoms with Crippen molar-refractivity contribution in [1.29, 1.82) is 0 Å². The number of carbonyl (C=O) groups is 1. The Balaban J connectivity index is 1.68. The third-order valence-electron chi connectivity index (χ3n) is 5.04. The number of halogens is 1. The average molecular weight is 323 g/mol. The number of thioether (sulfide) groups is 1. The van der Waals surface area contributed by atoms with Crippen molar-refractivity contribution in [3.63, 3.8) is 0 Å². The summed E-state index contributed by atoms with van der Waals surface area (Å²) in [5, 5.41) is 13.5. The summed E-state index contributed by atoms with van der Waals surface area (Å²) in [5.41, 5.74) is -0.425. The second-order valence-corrected chi connectivity index (χ2v) is 7.69. The molecular weight excluding hydrogens is 301 g/mol. The van der Waals surface area contributed by atoms with E-state index in [0.717, 1.165) is 49.2 Å². The van der Waals surface area contributed by atoms with Crippen molar-refractivity contribution in [2.24, 2.45) is 0 Å². The Kier molecular flexibility index (Phi) is 4.46. The highest BCUT2D eigenvalue weighted by Gasteiger charge is 2.46. The zero-order valence-electron chi connectivity index (χ0n) is 12.6. The number of carbonyl (C=O) groups excluding carboxylic acids is 1. The summed E-state index contributed by atoms with van der Waals surface area (Å²) in [6.07, 6.45) is 4.03. The molecular formula is C17H22FNO2S. The van der Waals surface area contributed by atoms with Crippen LogP contribution in [-0.4, -0.2) is 34.7 Å². The van der Waals surface area contributed by atoms with Gasteiger partial charge in [-0.05, 0) is 54.9 Å². The summed E-state index contributed by atoms with van der Waals surface area (Å²) in [7, 11) is 0. The van der Waals surface area contributed by atoms with E-state index >= 15 is 0 Å². The van der Waals surface area contributed by atoms with Crippen molar-refractivity contribution >= 4 is 17.7 Å². The molecule has 0 unspecified atom stereocenters. The number of rotatable bonds is 4. The van der Waals surface area contributed by atoms with Crippen molar-refractivity contribution in [3.05, 3.63) is 35.6 Å². The zero-order valence-corrected chi connectivity index (χ0v) is 13.4. The van der Waals surface area contributed by atoms with E-state index in [4.69, 9.17) is 0 Å². The molecule has 0 atom stereocenters. The molecule has 2 fully saturated rings. The highest BCUT2D eigenvalue weighted by atomic mass is 32.2. The van der Waals surface area contributed by atoms with Gasteiger partial charge in [0.1, 0.15) is 5.82 Å². The minimum Gasteiger partial charge on any atom is -0.388 e. The lowest BCUT2D eigenvalue weighted by Crippen LogP contribution is -2.53. The van der Waals surface area contributed by atoms with E-state index in [9.17, 15) is 14.3 Å². The lowest BCUT2D eigenvalue weighted by Gasteiger charge is -2.42. The van der Waals surface area contributed by atoms with Gasteiger partial charge in [0.05, 0.1) is 11.0 Å². The molecule has 1 heterocycles. The minimum absolute atomic E-state index is 0.0305. The molecule has 1 amide bonds. The van der Waals surface area contributed by atoms with Gasteiger partial charge in [0, 0.05) is 6.54 Å². The summed E-state index contributed by atoms with van der Waals surface area (Å²) in [6, 6.07) is 6.24. The van der Waals surface area contributed by atoms with Gasteiger partial charge in [-0.2, -0.15) is 11.8 Å². The maximum atomic E-state index is 13.1. The summed E-state index contributed by atoms with van der Waals surface area (Å²) >= 11 is 1.84. The Bertz CT molecular complexity index is 536. The van der Waals surface area contributed by atoms with Gasteiger partial charge in [-0.15, -0.1) is 0 Å². The molecule has 1 aliphatic carbocycles. The first-order valence-corrected chi connectivity index (χ1v) is 9.04. The summed E-state index contributed by atoms with van der Waals surface area (Å²) < 4.78 is 13.1. The summed E-state index contributed by atoms with van der Waals surface area (Å²) in [4.78, 5) is 12.7. The maximum absolute atomic E-state index is 13.1. The Hall–Kier alpha value is -1.07. The molecule has 0 spiro atoms. The van der Waals surface area contributed by atoms with Gasteiger partial charge < -0.3 is 10.4 Å². The van der Waals surface area contributed by atoms with Crippen LogP contribution in [0.25, 0.3) is 0 Å². The van der Waals surface area contributed by atoms with Crippen LogP contribution in [0.3, 0.4) is 0 Å². The van der Waals surface area contributed by atoms with E-state index < -0.39 is 11.0 Å². The van der Waals surface area contributed by atoms with Crippen LogP contribution in [-0.2, 0) is 10.2 Å². The first-order valence-electron chi connectivity index (χ1n) is 7.89. The molecule has 2 N–H and O–H groups in total. The number of aliphatic hydroxyl groups is 1. The molecule has 1 aromatic carbocycles. The van der Waals surface area contributed by atoms with Crippen molar-refractivity contribution in [3.8, 4) is 0 Å². The van der Waals surface area contributed by atoms with Gasteiger partial charge in [0.2, 0.25) is 5.91 Å². The topological polar surface area (TPSA) is 49.3 Å². The molecule has 1 aliphatic heterocycles. The molecule has 0 bridgehead atoms. The Morgan fingerprint density at radius 3 is 2.36 bits per heavy atom. The smallest absolute Gasteiger partial charge is 0.230 e. The molecule has 22 heavy (non-hydrogen) atoms. The predicted octanol–water partition coefficient (Wildman–Crippen LogP) is 2.62. The Labute approximate surface area is 134 Å². The third kappa shape index (κ3) is 3.01. The van der Waals surface area contributed by atoms with Crippen LogP contribution in [0.15, 0.2) is 24.3 Å². The van der Waals surface area contributed by atoms with Crippen molar-refractivity contribution < 1.29 is 14.3 Å². The van der Waals surface area contributed by atoms with Crippen LogP contribution in [0.4, 0.5) is 4.39 Å². The third-order valence-corrected chi connectivity index (χ3v) is 6.03. The number of hydrogen-bond acceptors (Lipinski definition) is 3. The van der Waals surface area contributed by atoms with Gasteiger partial charge in [0.15, 0.2) is 0 Å². The predicted molar refractivity (Wildman–Crippen MR) is 86.4 cm³/mol. The van der Waals surface area contributed by atoms with Crippen molar-refractivity contribution in [2.45, 2.75) is 43.1 Å². The van der Waals surface area contributed by atoms with E-state index in [-0.39, 0.29) is 11.7 Å². The standard InChI is InChI=1S/C17H22FNO2S/c18-14-4-2-13(3-5-14)17(6-1-7-17)15(20)19-12-16(21)8-10-22-11-9-16/h2-5,21H,1,6-12H2,(H,19,20). The first-order chi connectivity index (χ1) is 10.5. The molecule has 1 saturated heterocycles. The van der Waals surface area contributed by atoms with Crippen LogP contribution in [0.5, 0.6) is 0 Å². The van der Waals surface area contributed by atoms with Crippen LogP contribution in [0.1, 0.15) is 37.7 Å². The quantitative estimate of drug-likeness (QED) is 0.895. The molecule has 2 aliphatic rings. The van der Waals surface area contributed by atoms with Crippen LogP contribution in [0, 0.1) is 5.82 Å². The zero-order chi connectivity index (χ0) is 15.6. The second kappa shape index (κ2) is 6.20. The summed E-state index contributed by atoms with van der Waals surface area (Å²) in [5.74, 6) is 1.56. The SMILES string of the molecule is O=C(NCC1(O)CCSCC1)C1(c2ccc(F)cc2)CCC1. The highest BCUT2D eigenvalue weighted by molar-refractivity contribution is 7.99. The fraction of sp³-hybridized carbons (Fsp3) is 0.588. The average Bonchev–Trinajstić information content (AvgIpc) is 2.47. The second-order valence-electron chi connectivity index (χ2n) is 6.46. The first kappa shape index (κ1) is 15.8. The molecule has 3 nitrogen and oxygen atoms in total. The van der Waals surface area contributed by atoms with E-state index in [1.165, 1.54) is 12.1 Å². The molecule has 5 heteroatoms. The van der Waals surface area contributed by atoms with Crippen LogP contribution in [0.2, 0.25) is 0 Å². The van der Waals surface area contributed by atoms with E-state index in [1.807, 2.05) is 11.8 Å². The monoisotopic (exact) mass is 323 g/mol. The molecule has 120 valence electrons. The van der Waals surface area contributed by atoms with Gasteiger partial charge in [-0.1, -0.05) is 18.6 Å². The number of nitrogens with one attached hydrogen (secondary N) is 1. The van der Waals surface area contributed by atoms with Gasteiger partial charge >= 0.3 is 0 Å². The van der Waals surface area contributed by atoms with Crippen molar-refractivity contribution in [1.82, 2.24) is 5.32 Å². The molecule has 1 aromatic rings. The molecule has 3 rings (SSSR count). The number of amides is 1. The van der Waals surface area contributed by atoms with Gasteiger partial charge in [0.25, 0.3) is 0 Å². The normalized spacial score (nSPS) is 22.6. The fourth-order valence-electron chi connectivity index (χ4n) is 3.29. The minimum atomic E-state index is -0.769. The van der Waals surface area contributed by atoms with Gasteiger partial charge in [-0.25, -0.2) is 4.39 Å². The molecule has 0 aromatic heterocycles. The summed E-state index contributed by atoms with van der Waals surface area (Å²) in [6.45, 7) is 0.315. The maximum Gasteiger partial charge on any atom is 0.230 e. The van der Waals surface area contributed by atoms with Crippen LogP contribution < -0.4 is 5.32 Å². The van der Waals surface area contributed by atoms with Gasteiger partial charge in [-0.3, -0.25) is 4.79 Å². The highest BCUT2D eigenvalue weighted by Crippen LogP contribution is 2.44. The Morgan fingerprint density at radius 1 is 1.18 bits per heavy atom. The fourth-order valence-corrected chi connectivity index (χ4v) is 4.54. The lowest BCUT2D eigenvalue weighted by molar-refractivity contribution is -0.131. The van der Waals surface area contributed by atoms with E-state index in [0.29, 0.717) is 6.54 Å². The number of benzene rings is 1. The largest absolute Gasteiger partial charge is 0.388 e. The lowest BCUT2D eigenvalue weighted by atomic mass is 9.63. The Morgan fingerprint density at radius 2 is 1.82 bits per heavy atom. The van der Waals surface area contributed by atoms with E-state index in [1.54, 1.807) is 12.1 Å².